The highest BCUT2D eigenvalue weighted by Gasteiger charge is 2.35. The number of benzene rings is 1. The number of carbonyl (C=O) groups excluding carboxylic acids is 1. The van der Waals surface area contributed by atoms with Gasteiger partial charge in [0.25, 0.3) is 5.91 Å². The molecule has 0 unspecified atom stereocenters. The minimum atomic E-state index is -0.297. The number of fused-ring (bicyclic) bond motifs is 2. The highest BCUT2D eigenvalue weighted by atomic mass is 19.1. The highest BCUT2D eigenvalue weighted by molar-refractivity contribution is 6.01. The van der Waals surface area contributed by atoms with Gasteiger partial charge >= 0.3 is 0 Å². The lowest BCUT2D eigenvalue weighted by molar-refractivity contribution is 0.0586. The van der Waals surface area contributed by atoms with Crippen LogP contribution in [0.25, 0.3) is 10.9 Å². The maximum Gasteiger partial charge on any atom is 0.271 e. The van der Waals surface area contributed by atoms with E-state index in [1.807, 2.05) is 11.8 Å². The van der Waals surface area contributed by atoms with Gasteiger partial charge in [-0.1, -0.05) is 0 Å². The Morgan fingerprint density at radius 1 is 1.21 bits per heavy atom. The molecule has 7 nitrogen and oxygen atoms in total. The van der Waals surface area contributed by atoms with Gasteiger partial charge in [0.15, 0.2) is 5.82 Å². The molecule has 0 bridgehead atoms. The van der Waals surface area contributed by atoms with Gasteiger partial charge in [0, 0.05) is 30.5 Å². The number of hydrogen-bond donors (Lipinski definition) is 1. The molecule has 2 aliphatic heterocycles. The lowest BCUT2D eigenvalue weighted by Gasteiger charge is -2.36. The second-order valence-corrected chi connectivity index (χ2v) is 8.19. The van der Waals surface area contributed by atoms with Crippen molar-refractivity contribution in [2.75, 3.05) is 20.1 Å². The lowest BCUT2D eigenvalue weighted by atomic mass is 10.00. The number of halogens is 1. The Morgan fingerprint density at radius 3 is 2.93 bits per heavy atom. The fourth-order valence-corrected chi connectivity index (χ4v) is 4.65. The predicted molar refractivity (Wildman–Crippen MR) is 107 cm³/mol. The highest BCUT2D eigenvalue weighted by Crippen LogP contribution is 2.33. The van der Waals surface area contributed by atoms with Gasteiger partial charge in [-0.25, -0.2) is 4.39 Å². The van der Waals surface area contributed by atoms with Crippen LogP contribution in [0.4, 0.5) is 4.39 Å². The van der Waals surface area contributed by atoms with E-state index in [4.69, 9.17) is 0 Å². The first-order valence-corrected chi connectivity index (χ1v) is 10.2. The SMILES string of the molecule is Cc1c(C(=O)N2CCCC[C@@H]2c2nnc3n2CCN(C)C3)[nH]c2ccc(F)cc12. The van der Waals surface area contributed by atoms with Crippen LogP contribution < -0.4 is 0 Å². The minimum absolute atomic E-state index is 0.0471. The van der Waals surface area contributed by atoms with E-state index in [0.717, 1.165) is 67.0 Å². The van der Waals surface area contributed by atoms with Gasteiger partial charge in [-0.2, -0.15) is 0 Å². The molecular formula is C21H25FN6O. The molecular weight excluding hydrogens is 371 g/mol. The molecule has 2 aromatic heterocycles. The van der Waals surface area contributed by atoms with E-state index in [0.29, 0.717) is 12.2 Å². The van der Waals surface area contributed by atoms with E-state index in [1.165, 1.54) is 12.1 Å². The van der Waals surface area contributed by atoms with Gasteiger partial charge in [-0.3, -0.25) is 9.69 Å². The third-order valence-electron chi connectivity index (χ3n) is 6.27. The van der Waals surface area contributed by atoms with Crippen molar-refractivity contribution in [2.45, 2.75) is 45.3 Å². The fraction of sp³-hybridized carbons (Fsp3) is 0.476. The number of carbonyl (C=O) groups is 1. The number of H-pyrrole nitrogens is 1. The number of aromatic nitrogens is 4. The third kappa shape index (κ3) is 3.02. The van der Waals surface area contributed by atoms with Crippen molar-refractivity contribution in [3.05, 3.63) is 46.9 Å². The predicted octanol–water partition coefficient (Wildman–Crippen LogP) is 3.02. The molecule has 0 radical (unpaired) electrons. The van der Waals surface area contributed by atoms with E-state index in [1.54, 1.807) is 6.07 Å². The van der Waals surface area contributed by atoms with Crippen LogP contribution in [0.3, 0.4) is 0 Å². The standard InChI is InChI=1S/C21H25FN6O/c1-13-15-11-14(22)6-7-16(15)23-19(13)21(29)27-8-4-3-5-17(27)20-25-24-18-12-26(2)9-10-28(18)20/h6-7,11,17,23H,3-5,8-10,12H2,1-2H3/t17-/m1/s1. The van der Waals surface area contributed by atoms with E-state index in [2.05, 4.69) is 31.7 Å². The van der Waals surface area contributed by atoms with Crippen molar-refractivity contribution >= 4 is 16.8 Å². The number of hydrogen-bond acceptors (Lipinski definition) is 4. The molecule has 0 aliphatic carbocycles. The molecule has 29 heavy (non-hydrogen) atoms. The Kier molecular flexibility index (Phi) is 4.38. The first-order valence-electron chi connectivity index (χ1n) is 10.2. The van der Waals surface area contributed by atoms with Gasteiger partial charge in [0.2, 0.25) is 0 Å². The Balaban J connectivity index is 1.51. The summed E-state index contributed by atoms with van der Waals surface area (Å²) in [5.74, 6) is 1.51. The number of rotatable bonds is 2. The molecule has 4 heterocycles. The Morgan fingerprint density at radius 2 is 2.07 bits per heavy atom. The summed E-state index contributed by atoms with van der Waals surface area (Å²) in [5, 5.41) is 9.64. The second-order valence-electron chi connectivity index (χ2n) is 8.19. The molecule has 1 amide bonds. The van der Waals surface area contributed by atoms with E-state index in [-0.39, 0.29) is 17.8 Å². The zero-order chi connectivity index (χ0) is 20.1. The van der Waals surface area contributed by atoms with Crippen LogP contribution in [0, 0.1) is 12.7 Å². The summed E-state index contributed by atoms with van der Waals surface area (Å²) in [6.07, 6.45) is 2.92. The van der Waals surface area contributed by atoms with E-state index < -0.39 is 0 Å². The smallest absolute Gasteiger partial charge is 0.271 e. The molecule has 1 N–H and O–H groups in total. The lowest BCUT2D eigenvalue weighted by Crippen LogP contribution is -2.41. The van der Waals surface area contributed by atoms with Crippen LogP contribution in [0.5, 0.6) is 0 Å². The average molecular weight is 396 g/mol. The summed E-state index contributed by atoms with van der Waals surface area (Å²) >= 11 is 0. The summed E-state index contributed by atoms with van der Waals surface area (Å²) in [4.78, 5) is 20.9. The van der Waals surface area contributed by atoms with Crippen LogP contribution in [-0.4, -0.2) is 55.6 Å². The largest absolute Gasteiger partial charge is 0.350 e. The third-order valence-corrected chi connectivity index (χ3v) is 6.27. The van der Waals surface area contributed by atoms with Crippen LogP contribution >= 0.6 is 0 Å². The van der Waals surface area contributed by atoms with Gasteiger partial charge in [0.05, 0.1) is 12.6 Å². The van der Waals surface area contributed by atoms with Gasteiger partial charge in [0.1, 0.15) is 17.3 Å². The molecule has 152 valence electrons. The van der Waals surface area contributed by atoms with Crippen LogP contribution in [0.15, 0.2) is 18.2 Å². The van der Waals surface area contributed by atoms with Crippen LogP contribution in [0.2, 0.25) is 0 Å². The topological polar surface area (TPSA) is 70.1 Å². The van der Waals surface area contributed by atoms with E-state index >= 15 is 0 Å². The van der Waals surface area contributed by atoms with Crippen molar-refractivity contribution in [3.63, 3.8) is 0 Å². The summed E-state index contributed by atoms with van der Waals surface area (Å²) in [5.41, 5.74) is 2.11. The Labute approximate surface area is 168 Å². The average Bonchev–Trinajstić information content (AvgIpc) is 3.28. The Bertz CT molecular complexity index is 1090. The molecule has 1 atom stereocenters. The zero-order valence-corrected chi connectivity index (χ0v) is 16.8. The summed E-state index contributed by atoms with van der Waals surface area (Å²) in [7, 11) is 2.08. The second kappa shape index (κ2) is 6.95. The number of amides is 1. The number of piperidine rings is 1. The van der Waals surface area contributed by atoms with Crippen molar-refractivity contribution in [1.82, 2.24) is 29.5 Å². The number of aryl methyl sites for hydroxylation is 1. The molecule has 1 aromatic carbocycles. The first kappa shape index (κ1) is 18.3. The van der Waals surface area contributed by atoms with Gasteiger partial charge in [-0.15, -0.1) is 10.2 Å². The summed E-state index contributed by atoms with van der Waals surface area (Å²) in [6.45, 7) is 5.14. The quantitative estimate of drug-likeness (QED) is 0.723. The first-order chi connectivity index (χ1) is 14.0. The molecule has 5 rings (SSSR count). The van der Waals surface area contributed by atoms with Crippen molar-refractivity contribution in [2.24, 2.45) is 0 Å². The summed E-state index contributed by atoms with van der Waals surface area (Å²) < 4.78 is 15.9. The number of nitrogens with one attached hydrogen (secondary N) is 1. The van der Waals surface area contributed by atoms with E-state index in [9.17, 15) is 9.18 Å². The van der Waals surface area contributed by atoms with Crippen LogP contribution in [0.1, 0.15) is 53.0 Å². The van der Waals surface area contributed by atoms with Crippen molar-refractivity contribution in [1.29, 1.82) is 0 Å². The fourth-order valence-electron chi connectivity index (χ4n) is 4.65. The molecule has 0 saturated carbocycles. The number of likely N-dealkylation sites (tertiary alicyclic amines) is 1. The maximum atomic E-state index is 13.7. The molecule has 1 fully saturated rings. The molecule has 3 aromatic rings. The molecule has 0 spiro atoms. The number of likely N-dealkylation sites (N-methyl/N-ethyl adjacent to an activating group) is 1. The molecule has 8 heteroatoms. The van der Waals surface area contributed by atoms with Crippen LogP contribution in [-0.2, 0) is 13.1 Å². The minimum Gasteiger partial charge on any atom is -0.350 e. The van der Waals surface area contributed by atoms with Gasteiger partial charge < -0.3 is 14.5 Å². The molecule has 2 aliphatic rings. The Hall–Kier alpha value is -2.74. The zero-order valence-electron chi connectivity index (χ0n) is 16.8. The normalized spacial score (nSPS) is 20.2. The number of nitrogens with zero attached hydrogens (tertiary/aromatic N) is 5. The maximum absolute atomic E-state index is 13.7. The number of aromatic amines is 1. The van der Waals surface area contributed by atoms with Gasteiger partial charge in [-0.05, 0) is 57.0 Å². The molecule has 1 saturated heterocycles. The van der Waals surface area contributed by atoms with Crippen molar-refractivity contribution in [3.8, 4) is 0 Å². The summed E-state index contributed by atoms with van der Waals surface area (Å²) in [6, 6.07) is 4.50. The monoisotopic (exact) mass is 396 g/mol. The van der Waals surface area contributed by atoms with Crippen molar-refractivity contribution < 1.29 is 9.18 Å².